The lowest BCUT2D eigenvalue weighted by Crippen LogP contribution is -2.23. The molecule has 1 heterocycles. The number of hydrogen-bond donors (Lipinski definition) is 3. The van der Waals surface area contributed by atoms with Gasteiger partial charge in [-0.3, -0.25) is 4.79 Å². The fourth-order valence-electron chi connectivity index (χ4n) is 2.33. The van der Waals surface area contributed by atoms with Crippen LogP contribution < -0.4 is 11.1 Å². The van der Waals surface area contributed by atoms with Gasteiger partial charge in [0.2, 0.25) is 0 Å². The first-order chi connectivity index (χ1) is 8.50. The van der Waals surface area contributed by atoms with E-state index >= 15 is 0 Å². The maximum absolute atomic E-state index is 10.7. The van der Waals surface area contributed by atoms with Gasteiger partial charge < -0.3 is 16.2 Å². The number of anilines is 1. The molecule has 2 rings (SSSR count). The van der Waals surface area contributed by atoms with Crippen LogP contribution in [-0.2, 0) is 4.79 Å². The monoisotopic (exact) mass is 269 g/mol. The van der Waals surface area contributed by atoms with Gasteiger partial charge in [-0.25, -0.2) is 4.98 Å². The zero-order chi connectivity index (χ0) is 13.2. The Kier molecular flexibility index (Phi) is 3.87. The molecule has 1 atom stereocenters. The Labute approximate surface area is 110 Å². The average Bonchev–Trinajstić information content (AvgIpc) is 2.95. The predicted octanol–water partition coefficient (Wildman–Crippen LogP) is 2.22. The quantitative estimate of drug-likeness (QED) is 0.762. The zero-order valence-electron chi connectivity index (χ0n) is 10.5. The van der Waals surface area contributed by atoms with Gasteiger partial charge in [-0.15, -0.1) is 11.3 Å². The van der Waals surface area contributed by atoms with Gasteiger partial charge in [-0.1, -0.05) is 19.8 Å². The van der Waals surface area contributed by atoms with E-state index in [4.69, 9.17) is 10.8 Å². The molecule has 1 aliphatic carbocycles. The molecule has 6 heteroatoms. The Morgan fingerprint density at radius 2 is 2.33 bits per heavy atom. The molecular weight excluding hydrogens is 250 g/mol. The fraction of sp³-hybridized carbons (Fsp3) is 0.667. The number of thiazole rings is 1. The van der Waals surface area contributed by atoms with E-state index in [-0.39, 0.29) is 0 Å². The first-order valence-corrected chi connectivity index (χ1v) is 7.06. The highest BCUT2D eigenvalue weighted by atomic mass is 32.1. The summed E-state index contributed by atoms with van der Waals surface area (Å²) in [5, 5.41) is 14.6. The second-order valence-electron chi connectivity index (χ2n) is 5.26. The standard InChI is InChI=1S/C12H19N3O2S/c1-12(4-2-3-5-12)7-14-11-15-8(6-18-11)9(13)10(16)17/h6,9H,2-5,7,13H2,1H3,(H,14,15)(H,16,17). The molecular formula is C12H19N3O2S. The van der Waals surface area contributed by atoms with E-state index in [9.17, 15) is 4.79 Å². The van der Waals surface area contributed by atoms with Crippen molar-refractivity contribution in [2.75, 3.05) is 11.9 Å². The molecule has 18 heavy (non-hydrogen) atoms. The van der Waals surface area contributed by atoms with Crippen molar-refractivity contribution in [3.8, 4) is 0 Å². The minimum absolute atomic E-state index is 0.348. The van der Waals surface area contributed by atoms with E-state index in [1.54, 1.807) is 5.38 Å². The molecule has 4 N–H and O–H groups in total. The molecule has 100 valence electrons. The number of aliphatic carboxylic acids is 1. The normalized spacial score (nSPS) is 19.7. The number of carboxylic acids is 1. The number of carbonyl (C=O) groups is 1. The summed E-state index contributed by atoms with van der Waals surface area (Å²) in [4.78, 5) is 15.0. The maximum atomic E-state index is 10.7. The molecule has 0 saturated heterocycles. The van der Waals surface area contributed by atoms with Crippen molar-refractivity contribution in [2.45, 2.75) is 38.6 Å². The van der Waals surface area contributed by atoms with Gasteiger partial charge in [0, 0.05) is 11.9 Å². The second-order valence-corrected chi connectivity index (χ2v) is 6.12. The van der Waals surface area contributed by atoms with E-state index in [0.717, 1.165) is 11.7 Å². The number of nitrogens with zero attached hydrogens (tertiary/aromatic N) is 1. The summed E-state index contributed by atoms with van der Waals surface area (Å²) in [7, 11) is 0. The molecule has 0 radical (unpaired) electrons. The zero-order valence-corrected chi connectivity index (χ0v) is 11.3. The van der Waals surface area contributed by atoms with Gasteiger partial charge in [-0.2, -0.15) is 0 Å². The van der Waals surface area contributed by atoms with Crippen molar-refractivity contribution in [1.82, 2.24) is 4.98 Å². The number of nitrogens with two attached hydrogens (primary N) is 1. The van der Waals surface area contributed by atoms with Crippen molar-refractivity contribution in [2.24, 2.45) is 11.1 Å². The van der Waals surface area contributed by atoms with E-state index in [0.29, 0.717) is 11.1 Å². The van der Waals surface area contributed by atoms with Gasteiger partial charge in [-0.05, 0) is 18.3 Å². The van der Waals surface area contributed by atoms with Crippen LogP contribution in [0.15, 0.2) is 5.38 Å². The van der Waals surface area contributed by atoms with Crippen molar-refractivity contribution in [3.05, 3.63) is 11.1 Å². The van der Waals surface area contributed by atoms with Gasteiger partial charge in [0.25, 0.3) is 0 Å². The Morgan fingerprint density at radius 3 is 2.94 bits per heavy atom. The minimum Gasteiger partial charge on any atom is -0.480 e. The summed E-state index contributed by atoms with van der Waals surface area (Å²) < 4.78 is 0. The van der Waals surface area contributed by atoms with E-state index in [1.807, 2.05) is 0 Å². The van der Waals surface area contributed by atoms with Crippen molar-refractivity contribution in [3.63, 3.8) is 0 Å². The Morgan fingerprint density at radius 1 is 1.67 bits per heavy atom. The fourth-order valence-corrected chi connectivity index (χ4v) is 3.08. The summed E-state index contributed by atoms with van der Waals surface area (Å²) >= 11 is 1.41. The minimum atomic E-state index is -1.05. The molecule has 0 amide bonds. The largest absolute Gasteiger partial charge is 0.480 e. The summed E-state index contributed by atoms with van der Waals surface area (Å²) in [6.45, 7) is 3.17. The molecule has 0 aromatic carbocycles. The molecule has 0 spiro atoms. The van der Waals surface area contributed by atoms with Crippen LogP contribution >= 0.6 is 11.3 Å². The molecule has 1 unspecified atom stereocenters. The third-order valence-corrected chi connectivity index (χ3v) is 4.40. The topological polar surface area (TPSA) is 88.2 Å². The third kappa shape index (κ3) is 3.00. The molecule has 1 saturated carbocycles. The van der Waals surface area contributed by atoms with Crippen LogP contribution in [0.25, 0.3) is 0 Å². The molecule has 1 aromatic heterocycles. The second kappa shape index (κ2) is 5.24. The number of carboxylic acid groups (broad SMARTS) is 1. The number of rotatable bonds is 5. The number of nitrogens with one attached hydrogen (secondary N) is 1. The highest BCUT2D eigenvalue weighted by Crippen LogP contribution is 2.37. The molecule has 5 nitrogen and oxygen atoms in total. The molecule has 0 aliphatic heterocycles. The van der Waals surface area contributed by atoms with Gasteiger partial charge in [0.15, 0.2) is 5.13 Å². The van der Waals surface area contributed by atoms with Crippen LogP contribution in [0.2, 0.25) is 0 Å². The highest BCUT2D eigenvalue weighted by Gasteiger charge is 2.28. The van der Waals surface area contributed by atoms with Crippen molar-refractivity contribution in [1.29, 1.82) is 0 Å². The lowest BCUT2D eigenvalue weighted by Gasteiger charge is -2.23. The van der Waals surface area contributed by atoms with E-state index < -0.39 is 12.0 Å². The average molecular weight is 269 g/mol. The number of aromatic nitrogens is 1. The lowest BCUT2D eigenvalue weighted by atomic mass is 9.89. The van der Waals surface area contributed by atoms with Crippen LogP contribution in [-0.4, -0.2) is 22.6 Å². The Hall–Kier alpha value is -1.14. The molecule has 1 aliphatic rings. The van der Waals surface area contributed by atoms with Crippen LogP contribution in [0, 0.1) is 5.41 Å². The Balaban J connectivity index is 1.92. The lowest BCUT2D eigenvalue weighted by molar-refractivity contribution is -0.138. The predicted molar refractivity (Wildman–Crippen MR) is 71.7 cm³/mol. The van der Waals surface area contributed by atoms with Crippen molar-refractivity contribution >= 4 is 22.4 Å². The van der Waals surface area contributed by atoms with E-state index in [2.05, 4.69) is 17.2 Å². The van der Waals surface area contributed by atoms with Gasteiger partial charge >= 0.3 is 5.97 Å². The summed E-state index contributed by atoms with van der Waals surface area (Å²) in [5.74, 6) is -1.05. The van der Waals surface area contributed by atoms with Crippen LogP contribution in [0.1, 0.15) is 44.3 Å². The van der Waals surface area contributed by atoms with Crippen LogP contribution in [0.5, 0.6) is 0 Å². The summed E-state index contributed by atoms with van der Waals surface area (Å²) in [6.07, 6.45) is 5.08. The maximum Gasteiger partial charge on any atom is 0.326 e. The Bertz CT molecular complexity index is 427. The van der Waals surface area contributed by atoms with Gasteiger partial charge in [0.1, 0.15) is 6.04 Å². The third-order valence-electron chi connectivity index (χ3n) is 3.58. The molecule has 0 bridgehead atoms. The van der Waals surface area contributed by atoms with Gasteiger partial charge in [0.05, 0.1) is 5.69 Å². The first-order valence-electron chi connectivity index (χ1n) is 6.18. The molecule has 1 aromatic rings. The molecule has 1 fully saturated rings. The SMILES string of the molecule is CC1(CNc2nc(C(N)C(=O)O)cs2)CCCC1. The van der Waals surface area contributed by atoms with Crippen molar-refractivity contribution < 1.29 is 9.90 Å². The first kappa shape index (κ1) is 13.3. The number of hydrogen-bond acceptors (Lipinski definition) is 5. The summed E-state index contributed by atoms with van der Waals surface area (Å²) in [6, 6.07) is -1.03. The van der Waals surface area contributed by atoms with E-state index in [1.165, 1.54) is 37.0 Å². The van der Waals surface area contributed by atoms with Crippen LogP contribution in [0.3, 0.4) is 0 Å². The smallest absolute Gasteiger partial charge is 0.326 e. The summed E-state index contributed by atoms with van der Waals surface area (Å²) in [5.41, 5.74) is 6.28. The van der Waals surface area contributed by atoms with Crippen LogP contribution in [0.4, 0.5) is 5.13 Å². The highest BCUT2D eigenvalue weighted by molar-refractivity contribution is 7.13.